The zero-order valence-electron chi connectivity index (χ0n) is 14.0. The van der Waals surface area contributed by atoms with Gasteiger partial charge in [0.2, 0.25) is 0 Å². The molecule has 132 valence electrons. The van der Waals surface area contributed by atoms with E-state index in [0.29, 0.717) is 36.5 Å². The van der Waals surface area contributed by atoms with Crippen LogP contribution >= 0.6 is 15.9 Å². The number of amides is 1. The quantitative estimate of drug-likeness (QED) is 0.777. The topological polar surface area (TPSA) is 32.8 Å². The number of hydrogen-bond donors (Lipinski definition) is 0. The normalized spacial score (nSPS) is 15.2. The summed E-state index contributed by atoms with van der Waals surface area (Å²) in [6.45, 7) is 3.26. The number of carbonyl (C=O) groups is 1. The van der Waals surface area contributed by atoms with E-state index in [-0.39, 0.29) is 11.7 Å². The van der Waals surface area contributed by atoms with Crippen molar-refractivity contribution in [3.63, 3.8) is 0 Å². The van der Waals surface area contributed by atoms with E-state index in [0.717, 1.165) is 17.6 Å². The number of nitrogens with zero attached hydrogens (tertiary/aromatic N) is 2. The monoisotopic (exact) mass is 406 g/mol. The number of halogens is 2. The van der Waals surface area contributed by atoms with E-state index in [4.69, 9.17) is 4.74 Å². The number of carbonyl (C=O) groups excluding carboxylic acids is 1. The maximum absolute atomic E-state index is 13.9. The number of hydrogen-bond acceptors (Lipinski definition) is 3. The minimum absolute atomic E-state index is 0.00665. The SMILES string of the molecule is COc1cccc(C(=O)N2CCN(Cc3cc(Br)ccc3F)CC2)c1. The number of rotatable bonds is 4. The molecule has 0 aromatic heterocycles. The minimum Gasteiger partial charge on any atom is -0.497 e. The van der Waals surface area contributed by atoms with Crippen molar-refractivity contribution in [3.05, 3.63) is 63.9 Å². The molecular formula is C19H20BrFN2O2. The number of ether oxygens (including phenoxy) is 1. The average molecular weight is 407 g/mol. The maximum atomic E-state index is 13.9. The zero-order valence-corrected chi connectivity index (χ0v) is 15.6. The summed E-state index contributed by atoms with van der Waals surface area (Å²) >= 11 is 3.38. The lowest BCUT2D eigenvalue weighted by atomic mass is 10.1. The lowest BCUT2D eigenvalue weighted by Gasteiger charge is -2.35. The van der Waals surface area contributed by atoms with Crippen LogP contribution in [0.4, 0.5) is 4.39 Å². The second kappa shape index (κ2) is 7.97. The van der Waals surface area contributed by atoms with E-state index in [2.05, 4.69) is 20.8 Å². The fraction of sp³-hybridized carbons (Fsp3) is 0.316. The molecule has 6 heteroatoms. The largest absolute Gasteiger partial charge is 0.497 e. The van der Waals surface area contributed by atoms with Crippen LogP contribution in [0.1, 0.15) is 15.9 Å². The molecule has 3 rings (SSSR count). The summed E-state index contributed by atoms with van der Waals surface area (Å²) in [4.78, 5) is 16.6. The molecule has 1 heterocycles. The molecule has 1 saturated heterocycles. The Balaban J connectivity index is 1.59. The van der Waals surface area contributed by atoms with E-state index in [1.165, 1.54) is 6.07 Å². The summed E-state index contributed by atoms with van der Waals surface area (Å²) in [5.41, 5.74) is 1.30. The molecule has 0 N–H and O–H groups in total. The molecule has 0 bridgehead atoms. The van der Waals surface area contributed by atoms with Gasteiger partial charge in [-0.3, -0.25) is 9.69 Å². The molecule has 4 nitrogen and oxygen atoms in total. The van der Waals surface area contributed by atoms with E-state index < -0.39 is 0 Å². The van der Waals surface area contributed by atoms with Gasteiger partial charge in [-0.05, 0) is 36.4 Å². The smallest absolute Gasteiger partial charge is 0.254 e. The molecule has 1 aliphatic rings. The van der Waals surface area contributed by atoms with Crippen molar-refractivity contribution in [2.24, 2.45) is 0 Å². The molecule has 2 aromatic rings. The standard InChI is InChI=1S/C19H20BrFN2O2/c1-25-17-4-2-3-14(12-17)19(24)23-9-7-22(8-10-23)13-15-11-16(20)5-6-18(15)21/h2-6,11-12H,7-10,13H2,1H3. The summed E-state index contributed by atoms with van der Waals surface area (Å²) in [7, 11) is 1.59. The Bertz CT molecular complexity index is 761. The average Bonchev–Trinajstić information content (AvgIpc) is 2.65. The van der Waals surface area contributed by atoms with Gasteiger partial charge in [0.1, 0.15) is 11.6 Å². The Morgan fingerprint density at radius 2 is 1.92 bits per heavy atom. The lowest BCUT2D eigenvalue weighted by molar-refractivity contribution is 0.0626. The molecule has 2 aromatic carbocycles. The molecule has 0 spiro atoms. The second-order valence-electron chi connectivity index (χ2n) is 6.04. The predicted octanol–water partition coefficient (Wildman–Crippen LogP) is 3.55. The third-order valence-corrected chi connectivity index (χ3v) is 4.87. The molecule has 0 saturated carbocycles. The van der Waals surface area contributed by atoms with Gasteiger partial charge < -0.3 is 9.64 Å². The molecular weight excluding hydrogens is 387 g/mol. The van der Waals surface area contributed by atoms with Crippen molar-refractivity contribution >= 4 is 21.8 Å². The van der Waals surface area contributed by atoms with Gasteiger partial charge in [0.05, 0.1) is 7.11 Å². The Morgan fingerprint density at radius 3 is 2.64 bits per heavy atom. The van der Waals surface area contributed by atoms with Gasteiger partial charge >= 0.3 is 0 Å². The van der Waals surface area contributed by atoms with Crippen molar-refractivity contribution in [1.82, 2.24) is 9.80 Å². The Kier molecular flexibility index (Phi) is 5.71. The lowest BCUT2D eigenvalue weighted by Crippen LogP contribution is -2.48. The molecule has 0 radical (unpaired) electrons. The van der Waals surface area contributed by atoms with Crippen LogP contribution in [-0.4, -0.2) is 49.0 Å². The first-order valence-corrected chi connectivity index (χ1v) is 8.96. The van der Waals surface area contributed by atoms with Crippen LogP contribution in [0.3, 0.4) is 0 Å². The van der Waals surface area contributed by atoms with E-state index in [1.807, 2.05) is 23.1 Å². The Labute approximate surface area is 155 Å². The minimum atomic E-state index is -0.196. The van der Waals surface area contributed by atoms with E-state index >= 15 is 0 Å². The zero-order chi connectivity index (χ0) is 17.8. The van der Waals surface area contributed by atoms with Gasteiger partial charge in [0.25, 0.3) is 5.91 Å². The number of benzene rings is 2. The highest BCUT2D eigenvalue weighted by molar-refractivity contribution is 9.10. The highest BCUT2D eigenvalue weighted by atomic mass is 79.9. The summed E-state index contributed by atoms with van der Waals surface area (Å²) in [6.07, 6.45) is 0. The van der Waals surface area contributed by atoms with Crippen LogP contribution in [0.2, 0.25) is 0 Å². The third kappa shape index (κ3) is 4.38. The van der Waals surface area contributed by atoms with Crippen molar-refractivity contribution in [1.29, 1.82) is 0 Å². The molecule has 25 heavy (non-hydrogen) atoms. The van der Waals surface area contributed by atoms with Crippen molar-refractivity contribution in [3.8, 4) is 5.75 Å². The van der Waals surface area contributed by atoms with Gasteiger partial charge in [0, 0.05) is 48.3 Å². The Morgan fingerprint density at radius 1 is 1.16 bits per heavy atom. The maximum Gasteiger partial charge on any atom is 0.254 e. The van der Waals surface area contributed by atoms with Crippen LogP contribution in [0.5, 0.6) is 5.75 Å². The highest BCUT2D eigenvalue weighted by Crippen LogP contribution is 2.19. The summed E-state index contributed by atoms with van der Waals surface area (Å²) < 4.78 is 19.9. The number of methoxy groups -OCH3 is 1. The van der Waals surface area contributed by atoms with Gasteiger partial charge in [-0.1, -0.05) is 22.0 Å². The van der Waals surface area contributed by atoms with Crippen LogP contribution in [0.25, 0.3) is 0 Å². The van der Waals surface area contributed by atoms with Gasteiger partial charge in [-0.25, -0.2) is 4.39 Å². The first-order chi connectivity index (χ1) is 12.1. The van der Waals surface area contributed by atoms with Crippen LogP contribution in [0.15, 0.2) is 46.9 Å². The Hall–Kier alpha value is -1.92. The molecule has 1 amide bonds. The number of piperazine rings is 1. The van der Waals surface area contributed by atoms with Crippen LogP contribution in [0, 0.1) is 5.82 Å². The van der Waals surface area contributed by atoms with Crippen molar-refractivity contribution in [2.75, 3.05) is 33.3 Å². The van der Waals surface area contributed by atoms with Gasteiger partial charge in [-0.15, -0.1) is 0 Å². The van der Waals surface area contributed by atoms with Crippen LogP contribution < -0.4 is 4.74 Å². The highest BCUT2D eigenvalue weighted by Gasteiger charge is 2.23. The molecule has 1 fully saturated rings. The second-order valence-corrected chi connectivity index (χ2v) is 6.95. The van der Waals surface area contributed by atoms with Crippen LogP contribution in [-0.2, 0) is 6.54 Å². The molecule has 0 aliphatic carbocycles. The summed E-state index contributed by atoms with van der Waals surface area (Å²) in [5.74, 6) is 0.486. The third-order valence-electron chi connectivity index (χ3n) is 4.38. The van der Waals surface area contributed by atoms with Crippen molar-refractivity contribution in [2.45, 2.75) is 6.54 Å². The first kappa shape index (κ1) is 17.9. The van der Waals surface area contributed by atoms with E-state index in [9.17, 15) is 9.18 Å². The van der Waals surface area contributed by atoms with Gasteiger partial charge in [0.15, 0.2) is 0 Å². The molecule has 1 aliphatic heterocycles. The first-order valence-electron chi connectivity index (χ1n) is 8.16. The van der Waals surface area contributed by atoms with Gasteiger partial charge in [-0.2, -0.15) is 0 Å². The van der Waals surface area contributed by atoms with Crippen molar-refractivity contribution < 1.29 is 13.9 Å². The van der Waals surface area contributed by atoms with E-state index in [1.54, 1.807) is 25.3 Å². The molecule has 0 atom stereocenters. The fourth-order valence-electron chi connectivity index (χ4n) is 2.95. The summed E-state index contributed by atoms with van der Waals surface area (Å²) in [5, 5.41) is 0. The fourth-order valence-corrected chi connectivity index (χ4v) is 3.36. The predicted molar refractivity (Wildman–Crippen MR) is 98.3 cm³/mol. The molecule has 0 unspecified atom stereocenters. The summed E-state index contributed by atoms with van der Waals surface area (Å²) in [6, 6.07) is 12.2.